The zero-order valence-corrected chi connectivity index (χ0v) is 31.3. The maximum atomic E-state index is 11.1. The highest BCUT2D eigenvalue weighted by atomic mass is 16.5. The minimum absolute atomic E-state index is 0.0263. The van der Waals surface area contributed by atoms with Crippen molar-refractivity contribution in [1.29, 1.82) is 0 Å². The summed E-state index contributed by atoms with van der Waals surface area (Å²) in [4.78, 5) is 38.6. The van der Waals surface area contributed by atoms with Crippen molar-refractivity contribution in [2.45, 2.75) is 0 Å². The molecule has 0 aliphatic carbocycles. The van der Waals surface area contributed by atoms with E-state index in [9.17, 15) is 19.5 Å². The molecule has 0 fully saturated rings. The molecule has 0 saturated carbocycles. The molecule has 0 spiro atoms. The molecule has 6 aromatic carbocycles. The van der Waals surface area contributed by atoms with Gasteiger partial charge >= 0.3 is 0 Å². The number of aromatic hydroxyl groups is 1. The first kappa shape index (κ1) is 38.4. The molecule has 1 heterocycles. The summed E-state index contributed by atoms with van der Waals surface area (Å²) in [5.41, 5.74) is 5.80. The van der Waals surface area contributed by atoms with Gasteiger partial charge in [-0.15, -0.1) is 6.42 Å². The highest BCUT2D eigenvalue weighted by Gasteiger charge is 2.13. The van der Waals surface area contributed by atoms with Crippen LogP contribution in [0, 0.1) is 12.3 Å². The van der Waals surface area contributed by atoms with Crippen molar-refractivity contribution in [2.24, 2.45) is 0 Å². The number of carbonyl (C=O) groups is 3. The van der Waals surface area contributed by atoms with E-state index in [0.717, 1.165) is 73.3 Å². The van der Waals surface area contributed by atoms with Gasteiger partial charge in [-0.2, -0.15) is 0 Å². The summed E-state index contributed by atoms with van der Waals surface area (Å²) in [6, 6.07) is 29.3. The number of ether oxygens (including phenoxy) is 2. The van der Waals surface area contributed by atoms with Gasteiger partial charge in [-0.25, -0.2) is 0 Å². The molecule has 1 N–H and O–H groups in total. The van der Waals surface area contributed by atoms with Crippen LogP contribution in [0.25, 0.3) is 38.4 Å². The second-order valence-corrected chi connectivity index (χ2v) is 13.3. The molecule has 0 unspecified atom stereocenters. The van der Waals surface area contributed by atoms with E-state index in [4.69, 9.17) is 15.9 Å². The molecule has 1 aliphatic heterocycles. The molecule has 9 heteroatoms. The first-order chi connectivity index (χ1) is 25.9. The molecule has 7 rings (SSSR count). The van der Waals surface area contributed by atoms with Gasteiger partial charge in [0.15, 0.2) is 12.6 Å². The van der Waals surface area contributed by atoms with Gasteiger partial charge in [-0.1, -0.05) is 24.1 Å². The standard InChI is InChI=1S/2C16H15NO2.C13H13NO2/c1-17(2)15-4-3-12-6-14-5-11(9-18)10-19-16(14)8-13(12)7-15;1-4-7-19-16-10-13-9-15(17(2)3)6-5-12(13)8-14(16)11-18;1-14(2)12-4-3-9-5-11(8-15)13(16)7-10(9)6-12/h3-9H,10H2,1-2H3;1,5-6,8-11H,7H2,2-3H3;3-8,16H,1-2H3. The van der Waals surface area contributed by atoms with E-state index in [1.807, 2.05) is 113 Å². The van der Waals surface area contributed by atoms with Crippen LogP contribution in [0.4, 0.5) is 17.1 Å². The van der Waals surface area contributed by atoms with E-state index in [1.54, 1.807) is 12.1 Å². The van der Waals surface area contributed by atoms with E-state index in [1.165, 1.54) is 0 Å². The van der Waals surface area contributed by atoms with Crippen LogP contribution in [-0.4, -0.2) is 79.5 Å². The Balaban J connectivity index is 0.000000156. The molecule has 9 nitrogen and oxygen atoms in total. The minimum atomic E-state index is 0.0263. The van der Waals surface area contributed by atoms with Crippen molar-refractivity contribution in [3.63, 3.8) is 0 Å². The normalized spacial score (nSPS) is 11.3. The molecule has 0 aromatic heterocycles. The summed E-state index contributed by atoms with van der Waals surface area (Å²) < 4.78 is 11.0. The minimum Gasteiger partial charge on any atom is -0.507 e. The van der Waals surface area contributed by atoms with Crippen molar-refractivity contribution in [2.75, 3.05) is 70.2 Å². The zero-order chi connectivity index (χ0) is 38.9. The van der Waals surface area contributed by atoms with Crippen LogP contribution in [0.5, 0.6) is 17.2 Å². The first-order valence-corrected chi connectivity index (χ1v) is 17.1. The van der Waals surface area contributed by atoms with Crippen LogP contribution in [0.15, 0.2) is 96.6 Å². The first-order valence-electron chi connectivity index (χ1n) is 17.1. The molecule has 0 bridgehead atoms. The number of terminal acetylenes is 1. The molecular weight excluding hydrogens is 679 g/mol. The smallest absolute Gasteiger partial charge is 0.153 e. The molecule has 0 saturated heterocycles. The van der Waals surface area contributed by atoms with Gasteiger partial charge in [0, 0.05) is 70.5 Å². The molecule has 54 heavy (non-hydrogen) atoms. The van der Waals surface area contributed by atoms with E-state index in [2.05, 4.69) is 35.1 Å². The predicted molar refractivity (Wildman–Crippen MR) is 221 cm³/mol. The maximum absolute atomic E-state index is 11.1. The third-order valence-electron chi connectivity index (χ3n) is 8.88. The van der Waals surface area contributed by atoms with E-state index in [-0.39, 0.29) is 12.4 Å². The Morgan fingerprint density at radius 3 is 1.65 bits per heavy atom. The monoisotopic (exact) mass is 721 g/mol. The molecule has 0 atom stereocenters. The number of hydrogen-bond donors (Lipinski definition) is 1. The number of fused-ring (bicyclic) bond motifs is 4. The van der Waals surface area contributed by atoms with Gasteiger partial charge in [0.2, 0.25) is 0 Å². The Kier molecular flexibility index (Phi) is 12.2. The van der Waals surface area contributed by atoms with Gasteiger partial charge in [0.25, 0.3) is 0 Å². The number of phenols is 1. The van der Waals surface area contributed by atoms with Gasteiger partial charge < -0.3 is 29.3 Å². The molecule has 1 aliphatic rings. The largest absolute Gasteiger partial charge is 0.507 e. The Morgan fingerprint density at radius 2 is 1.15 bits per heavy atom. The molecule has 0 radical (unpaired) electrons. The SMILES string of the molecule is C#CCOc1cc2cc(N(C)C)ccc2cc1C=O.CN(C)c1ccc2cc(C=O)c(O)cc2c1.CN(C)c1ccc2cc3c(cc2c1)OCC(C=O)=C3. The van der Waals surface area contributed by atoms with Gasteiger partial charge in [-0.05, 0) is 111 Å². The summed E-state index contributed by atoms with van der Waals surface area (Å²) >= 11 is 0. The van der Waals surface area contributed by atoms with Crippen LogP contribution in [0.1, 0.15) is 26.3 Å². The highest BCUT2D eigenvalue weighted by Crippen LogP contribution is 2.33. The summed E-state index contributed by atoms with van der Waals surface area (Å²) in [5, 5.41) is 15.8. The number of nitrogens with zero attached hydrogens (tertiary/aromatic N) is 3. The fourth-order valence-corrected chi connectivity index (χ4v) is 5.83. The number of carbonyl (C=O) groups excluding carboxylic acids is 3. The summed E-state index contributed by atoms with van der Waals surface area (Å²) in [7, 11) is 11.9. The van der Waals surface area contributed by atoms with Crippen LogP contribution in [0.2, 0.25) is 0 Å². The fourth-order valence-electron chi connectivity index (χ4n) is 5.83. The number of benzene rings is 6. The van der Waals surface area contributed by atoms with Gasteiger partial charge in [-0.3, -0.25) is 14.4 Å². The second-order valence-electron chi connectivity index (χ2n) is 13.3. The van der Waals surface area contributed by atoms with Crippen molar-refractivity contribution in [3.8, 4) is 29.6 Å². The van der Waals surface area contributed by atoms with Crippen LogP contribution >= 0.6 is 0 Å². The molecule has 6 aromatic rings. The average Bonchev–Trinajstić information content (AvgIpc) is 3.17. The third-order valence-corrected chi connectivity index (χ3v) is 8.88. The topological polar surface area (TPSA) is 99.6 Å². The maximum Gasteiger partial charge on any atom is 0.153 e. The number of aldehydes is 3. The van der Waals surface area contributed by atoms with Crippen molar-refractivity contribution >= 4 is 74.3 Å². The van der Waals surface area contributed by atoms with E-state index >= 15 is 0 Å². The summed E-state index contributed by atoms with van der Waals surface area (Å²) in [6.45, 7) is 0.509. The summed E-state index contributed by atoms with van der Waals surface area (Å²) in [6.07, 6.45) is 9.36. The second kappa shape index (κ2) is 17.2. The van der Waals surface area contributed by atoms with Gasteiger partial charge in [0.05, 0.1) is 11.1 Å². The highest BCUT2D eigenvalue weighted by molar-refractivity contribution is 5.95. The van der Waals surface area contributed by atoms with Gasteiger partial charge in [0.1, 0.15) is 36.7 Å². The average molecular weight is 722 g/mol. The lowest BCUT2D eigenvalue weighted by molar-refractivity contribution is -0.105. The van der Waals surface area contributed by atoms with Crippen molar-refractivity contribution in [1.82, 2.24) is 0 Å². The van der Waals surface area contributed by atoms with Crippen molar-refractivity contribution in [3.05, 3.63) is 113 Å². The zero-order valence-electron chi connectivity index (χ0n) is 31.3. The van der Waals surface area contributed by atoms with Crippen molar-refractivity contribution < 1.29 is 29.0 Å². The predicted octanol–water partition coefficient (Wildman–Crippen LogP) is 8.03. The van der Waals surface area contributed by atoms with Crippen LogP contribution < -0.4 is 24.2 Å². The quantitative estimate of drug-likeness (QED) is 0.124. The third kappa shape index (κ3) is 8.98. The molecule has 274 valence electrons. The Bertz CT molecular complexity index is 2420. The lowest BCUT2D eigenvalue weighted by atomic mass is 10.0. The van der Waals surface area contributed by atoms with E-state index in [0.29, 0.717) is 35.3 Å². The lowest BCUT2D eigenvalue weighted by Crippen LogP contribution is -2.09. The number of anilines is 3. The number of hydrogen-bond acceptors (Lipinski definition) is 9. The van der Waals surface area contributed by atoms with Crippen LogP contribution in [-0.2, 0) is 4.79 Å². The number of rotatable bonds is 8. The lowest BCUT2D eigenvalue weighted by Gasteiger charge is -2.17. The summed E-state index contributed by atoms with van der Waals surface area (Å²) in [5.74, 6) is 3.79. The Morgan fingerprint density at radius 1 is 0.648 bits per heavy atom. The molecular formula is C45H43N3O6. The Hall–Kier alpha value is -6.79. The molecule has 0 amide bonds. The number of phenolic OH excluding ortho intramolecular Hbond substituents is 1. The van der Waals surface area contributed by atoms with E-state index < -0.39 is 0 Å². The fraction of sp³-hybridized carbons (Fsp3) is 0.178. The van der Waals surface area contributed by atoms with Crippen LogP contribution in [0.3, 0.4) is 0 Å². The Labute approximate surface area is 315 Å².